The van der Waals surface area contributed by atoms with Gasteiger partial charge in [-0.05, 0) is 34.7 Å². The van der Waals surface area contributed by atoms with Crippen molar-refractivity contribution in [3.05, 3.63) is 72.8 Å². The van der Waals surface area contributed by atoms with Crippen molar-refractivity contribution >= 4 is 18.7 Å². The Balaban J connectivity index is 2.54. The summed E-state index contributed by atoms with van der Waals surface area (Å²) in [7, 11) is -2.52. The van der Waals surface area contributed by atoms with E-state index >= 15 is 0 Å². The Bertz CT molecular complexity index is 665. The number of unbranched alkanes of at least 4 members (excludes halogenated alkanes) is 1. The molecule has 0 unspecified atom stereocenters. The molecule has 0 aromatic heterocycles. The van der Waals surface area contributed by atoms with Gasteiger partial charge in [-0.25, -0.2) is 0 Å². The molecule has 0 spiro atoms. The van der Waals surface area contributed by atoms with Gasteiger partial charge in [0.2, 0.25) is 0 Å². The van der Waals surface area contributed by atoms with E-state index in [2.05, 4.69) is 101 Å². The van der Waals surface area contributed by atoms with E-state index in [-0.39, 0.29) is 17.7 Å². The minimum absolute atomic E-state index is 0.0133. The third-order valence-electron chi connectivity index (χ3n) is 5.20. The van der Waals surface area contributed by atoms with Gasteiger partial charge < -0.3 is 9.53 Å². The maximum Gasteiger partial charge on any atom is 0.261 e. The van der Waals surface area contributed by atoms with Crippen LogP contribution in [0.25, 0.3) is 0 Å². The molecule has 0 aliphatic carbocycles. The summed E-state index contributed by atoms with van der Waals surface area (Å²) in [6.07, 6.45) is 8.24. The summed E-state index contributed by atoms with van der Waals surface area (Å²) in [5.74, 6) is 0. The van der Waals surface area contributed by atoms with E-state index in [0.29, 0.717) is 0 Å². The lowest BCUT2D eigenvalue weighted by Crippen LogP contribution is -2.67. The molecule has 0 fully saturated rings. The first kappa shape index (κ1) is 22.6. The minimum Gasteiger partial charge on any atom is -0.401 e. The summed E-state index contributed by atoms with van der Waals surface area (Å²) in [5.41, 5.74) is 0. The smallest absolute Gasteiger partial charge is 0.261 e. The molecule has 0 aliphatic rings. The molecular weight excluding hydrogens is 360 g/mol. The summed E-state index contributed by atoms with van der Waals surface area (Å²) in [4.78, 5) is 0. The van der Waals surface area contributed by atoms with E-state index in [1.165, 1.54) is 10.4 Å². The van der Waals surface area contributed by atoms with Crippen molar-refractivity contribution in [1.82, 2.24) is 0 Å². The molecule has 0 amide bonds. The van der Waals surface area contributed by atoms with Crippen LogP contribution in [0.4, 0.5) is 0 Å². The minimum atomic E-state index is -2.52. The standard InChI is InChI=1S/C25H36O2Si/c1-5-15-22(16-9-8-14-21-26)27-28(25(2,3)4,23-17-10-6-11-18-23)24-19-12-7-13-20-24/h6-7,9-13,16-20,22,26H,5,8,14-15,21H2,1-4H3/b16-9-/t22-/m0/s1. The van der Waals surface area contributed by atoms with Crippen LogP contribution in [0, 0.1) is 0 Å². The summed E-state index contributed by atoms with van der Waals surface area (Å²) in [6.45, 7) is 9.40. The van der Waals surface area contributed by atoms with E-state index in [9.17, 15) is 0 Å². The van der Waals surface area contributed by atoms with Crippen molar-refractivity contribution < 1.29 is 9.53 Å². The van der Waals surface area contributed by atoms with Crippen molar-refractivity contribution in [2.24, 2.45) is 0 Å². The highest BCUT2D eigenvalue weighted by Crippen LogP contribution is 2.38. The molecule has 152 valence electrons. The zero-order valence-electron chi connectivity index (χ0n) is 17.9. The van der Waals surface area contributed by atoms with Crippen LogP contribution >= 0.6 is 0 Å². The third-order valence-corrected chi connectivity index (χ3v) is 10.3. The SMILES string of the molecule is CCC[C@@H](/C=C\CCCO)O[Si](c1ccccc1)(c1ccccc1)C(C)(C)C. The Kier molecular flexibility index (Phi) is 8.68. The highest BCUT2D eigenvalue weighted by molar-refractivity contribution is 6.99. The second-order valence-corrected chi connectivity index (χ2v) is 12.7. The molecule has 2 rings (SSSR count). The Labute approximate surface area is 172 Å². The molecule has 2 aromatic rings. The number of hydrogen-bond donors (Lipinski definition) is 1. The molecule has 0 aliphatic heterocycles. The Morgan fingerprint density at radius 1 is 0.964 bits per heavy atom. The lowest BCUT2D eigenvalue weighted by Gasteiger charge is -2.44. The van der Waals surface area contributed by atoms with Crippen molar-refractivity contribution in [1.29, 1.82) is 0 Å². The van der Waals surface area contributed by atoms with Crippen molar-refractivity contribution in [3.8, 4) is 0 Å². The molecule has 2 aromatic carbocycles. The molecule has 0 heterocycles. The summed E-state index contributed by atoms with van der Waals surface area (Å²) < 4.78 is 7.18. The van der Waals surface area contributed by atoms with Crippen LogP contribution in [-0.2, 0) is 4.43 Å². The second kappa shape index (κ2) is 10.8. The van der Waals surface area contributed by atoms with E-state index in [0.717, 1.165) is 25.7 Å². The maximum absolute atomic E-state index is 9.07. The predicted molar refractivity (Wildman–Crippen MR) is 123 cm³/mol. The molecule has 0 bridgehead atoms. The molecule has 1 atom stereocenters. The first-order valence-electron chi connectivity index (χ1n) is 10.5. The number of rotatable bonds is 10. The number of hydrogen-bond acceptors (Lipinski definition) is 2. The molecule has 0 saturated carbocycles. The van der Waals surface area contributed by atoms with Gasteiger partial charge in [-0.1, -0.05) is 107 Å². The fraction of sp³-hybridized carbons (Fsp3) is 0.440. The van der Waals surface area contributed by atoms with E-state index in [4.69, 9.17) is 9.53 Å². The fourth-order valence-electron chi connectivity index (χ4n) is 3.85. The Hall–Kier alpha value is -1.68. The first-order valence-corrected chi connectivity index (χ1v) is 12.4. The van der Waals surface area contributed by atoms with E-state index in [1.807, 2.05) is 0 Å². The number of allylic oxidation sites excluding steroid dienone is 1. The largest absolute Gasteiger partial charge is 0.401 e. The molecule has 0 saturated heterocycles. The lowest BCUT2D eigenvalue weighted by atomic mass is 10.2. The van der Waals surface area contributed by atoms with E-state index in [1.54, 1.807) is 0 Å². The van der Waals surface area contributed by atoms with Crippen molar-refractivity contribution in [2.45, 2.75) is 64.5 Å². The van der Waals surface area contributed by atoms with Gasteiger partial charge in [0.1, 0.15) is 0 Å². The van der Waals surface area contributed by atoms with Gasteiger partial charge in [-0.2, -0.15) is 0 Å². The number of aliphatic hydroxyl groups is 1. The summed E-state index contributed by atoms with van der Waals surface area (Å²) >= 11 is 0. The van der Waals surface area contributed by atoms with Crippen LogP contribution in [0.15, 0.2) is 72.8 Å². The Morgan fingerprint density at radius 3 is 1.93 bits per heavy atom. The fourth-order valence-corrected chi connectivity index (χ4v) is 8.52. The molecule has 28 heavy (non-hydrogen) atoms. The second-order valence-electron chi connectivity index (χ2n) is 8.40. The molecular formula is C25H36O2Si. The van der Waals surface area contributed by atoms with Crippen molar-refractivity contribution in [3.63, 3.8) is 0 Å². The van der Waals surface area contributed by atoms with Crippen LogP contribution in [0.3, 0.4) is 0 Å². The van der Waals surface area contributed by atoms with E-state index < -0.39 is 8.32 Å². The maximum atomic E-state index is 9.07. The Morgan fingerprint density at radius 2 is 1.50 bits per heavy atom. The summed E-state index contributed by atoms with van der Waals surface area (Å²) in [6, 6.07) is 21.6. The molecule has 2 nitrogen and oxygen atoms in total. The van der Waals surface area contributed by atoms with Gasteiger partial charge in [-0.15, -0.1) is 0 Å². The average Bonchev–Trinajstić information content (AvgIpc) is 2.69. The van der Waals surface area contributed by atoms with Crippen molar-refractivity contribution in [2.75, 3.05) is 6.61 Å². The number of benzene rings is 2. The molecule has 1 N–H and O–H groups in total. The zero-order valence-corrected chi connectivity index (χ0v) is 18.9. The predicted octanol–water partition coefficient (Wildman–Crippen LogP) is 5.06. The van der Waals surface area contributed by atoms with Gasteiger partial charge >= 0.3 is 0 Å². The van der Waals surface area contributed by atoms with Gasteiger partial charge in [0.15, 0.2) is 0 Å². The lowest BCUT2D eigenvalue weighted by molar-refractivity contribution is 0.221. The monoisotopic (exact) mass is 396 g/mol. The van der Waals surface area contributed by atoms with Crippen LogP contribution < -0.4 is 10.4 Å². The molecule has 3 heteroatoms. The van der Waals surface area contributed by atoms with Gasteiger partial charge in [0, 0.05) is 6.61 Å². The van der Waals surface area contributed by atoms with Crippen LogP contribution in [0.5, 0.6) is 0 Å². The highest BCUT2D eigenvalue weighted by Gasteiger charge is 2.51. The molecule has 0 radical (unpaired) electrons. The quantitative estimate of drug-likeness (QED) is 0.345. The third kappa shape index (κ3) is 5.44. The number of aliphatic hydroxyl groups excluding tert-OH is 1. The average molecular weight is 397 g/mol. The van der Waals surface area contributed by atoms with Crippen LogP contribution in [0.1, 0.15) is 53.4 Å². The van der Waals surface area contributed by atoms with Gasteiger partial charge in [0.25, 0.3) is 8.32 Å². The van der Waals surface area contributed by atoms with Gasteiger partial charge in [-0.3, -0.25) is 0 Å². The normalized spacial score (nSPS) is 13.8. The summed E-state index contributed by atoms with van der Waals surface area (Å²) in [5, 5.41) is 11.7. The topological polar surface area (TPSA) is 29.5 Å². The van der Waals surface area contributed by atoms with Gasteiger partial charge in [0.05, 0.1) is 6.10 Å². The first-order chi connectivity index (χ1) is 13.5. The van der Waals surface area contributed by atoms with Crippen LogP contribution in [0.2, 0.25) is 5.04 Å². The van der Waals surface area contributed by atoms with Crippen LogP contribution in [-0.4, -0.2) is 26.1 Å². The highest BCUT2D eigenvalue weighted by atomic mass is 28.4. The zero-order chi connectivity index (χ0) is 20.5.